The predicted molar refractivity (Wildman–Crippen MR) is 105 cm³/mol. The van der Waals surface area contributed by atoms with Crippen LogP contribution in [0.3, 0.4) is 0 Å². The number of carbonyl (C=O) groups excluding carboxylic acids is 3. The van der Waals surface area contributed by atoms with E-state index < -0.39 is 29.2 Å². The summed E-state index contributed by atoms with van der Waals surface area (Å²) in [5.74, 6) is -1.49. The summed E-state index contributed by atoms with van der Waals surface area (Å²) in [5.41, 5.74) is -0.569. The van der Waals surface area contributed by atoms with E-state index in [2.05, 4.69) is 10.6 Å². The third-order valence-electron chi connectivity index (χ3n) is 5.29. The summed E-state index contributed by atoms with van der Waals surface area (Å²) in [4.78, 5) is 40.4. The minimum atomic E-state index is -1.25. The molecule has 1 aromatic rings. The van der Waals surface area contributed by atoms with Gasteiger partial charge in [-0.3, -0.25) is 14.9 Å². The van der Waals surface area contributed by atoms with Crippen LogP contribution in [0.5, 0.6) is 0 Å². The van der Waals surface area contributed by atoms with Crippen LogP contribution in [0, 0.1) is 11.7 Å². The highest BCUT2D eigenvalue weighted by Crippen LogP contribution is 2.26. The molecule has 158 valence electrons. The summed E-state index contributed by atoms with van der Waals surface area (Å²) in [5, 5.41) is 5.13. The molecule has 2 heterocycles. The van der Waals surface area contributed by atoms with Gasteiger partial charge < -0.3 is 19.9 Å². The van der Waals surface area contributed by atoms with Gasteiger partial charge in [0.15, 0.2) is 0 Å². The van der Waals surface area contributed by atoms with Gasteiger partial charge in [0.25, 0.3) is 5.91 Å². The average molecular weight is 427 g/mol. The maximum absolute atomic E-state index is 13.6. The molecule has 0 aromatic heterocycles. The first-order valence-corrected chi connectivity index (χ1v) is 9.74. The number of anilines is 1. The van der Waals surface area contributed by atoms with E-state index in [-0.39, 0.29) is 18.9 Å². The Labute approximate surface area is 173 Å². The topological polar surface area (TPSA) is 91.0 Å². The third-order valence-corrected chi connectivity index (χ3v) is 5.50. The van der Waals surface area contributed by atoms with Crippen LogP contribution in [0.15, 0.2) is 18.2 Å². The number of methoxy groups -OCH3 is 1. The number of amides is 4. The number of imide groups is 1. The number of rotatable bonds is 6. The zero-order valence-corrected chi connectivity index (χ0v) is 17.1. The van der Waals surface area contributed by atoms with Crippen LogP contribution in [0.25, 0.3) is 0 Å². The Bertz CT molecular complexity index is 795. The lowest BCUT2D eigenvalue weighted by molar-refractivity contribution is -0.137. The molecule has 8 nitrogen and oxygen atoms in total. The summed E-state index contributed by atoms with van der Waals surface area (Å²) < 4.78 is 18.7. The van der Waals surface area contributed by atoms with Crippen molar-refractivity contribution >= 4 is 35.1 Å². The highest BCUT2D eigenvalue weighted by atomic mass is 35.5. The molecule has 2 fully saturated rings. The Hall–Kier alpha value is -2.39. The van der Waals surface area contributed by atoms with Crippen molar-refractivity contribution in [2.24, 2.45) is 5.92 Å². The van der Waals surface area contributed by atoms with Crippen LogP contribution in [0.4, 0.5) is 14.9 Å². The van der Waals surface area contributed by atoms with Gasteiger partial charge in [-0.25, -0.2) is 9.18 Å². The first-order chi connectivity index (χ1) is 13.7. The molecule has 29 heavy (non-hydrogen) atoms. The van der Waals surface area contributed by atoms with E-state index in [0.717, 1.165) is 0 Å². The number of hydrogen-bond donors (Lipinski definition) is 2. The monoisotopic (exact) mass is 426 g/mol. The van der Waals surface area contributed by atoms with Gasteiger partial charge in [-0.05, 0) is 24.6 Å². The predicted octanol–water partition coefficient (Wildman–Crippen LogP) is 1.38. The standard InChI is InChI=1S/C19H24ClFN4O4/c1-12(10-19(11-29-2)17(27)22-18(28)23-19)16(26)25-5-3-24(4-6-25)15-8-13(20)7-14(21)9-15/h7-9,12H,3-6,10-11H2,1-2H3,(H2,22,23,27,28). The van der Waals surface area contributed by atoms with Crippen LogP contribution in [0.2, 0.25) is 5.02 Å². The summed E-state index contributed by atoms with van der Waals surface area (Å²) in [6.07, 6.45) is 0.136. The van der Waals surface area contributed by atoms with Gasteiger partial charge in [0, 0.05) is 49.9 Å². The molecule has 2 atom stereocenters. The molecule has 2 aliphatic rings. The molecule has 0 saturated carbocycles. The van der Waals surface area contributed by atoms with Crippen LogP contribution in [0.1, 0.15) is 13.3 Å². The number of ether oxygens (including phenoxy) is 1. The molecule has 0 radical (unpaired) electrons. The molecule has 3 rings (SSSR count). The van der Waals surface area contributed by atoms with Crippen LogP contribution in [-0.2, 0) is 14.3 Å². The summed E-state index contributed by atoms with van der Waals surface area (Å²) in [6.45, 7) is 3.73. The highest BCUT2D eigenvalue weighted by Gasteiger charge is 2.48. The quantitative estimate of drug-likeness (QED) is 0.671. The summed E-state index contributed by atoms with van der Waals surface area (Å²) in [7, 11) is 1.43. The van der Waals surface area contributed by atoms with E-state index in [1.54, 1.807) is 17.9 Å². The van der Waals surface area contributed by atoms with E-state index in [1.165, 1.54) is 19.2 Å². The van der Waals surface area contributed by atoms with Crippen molar-refractivity contribution in [3.05, 3.63) is 29.0 Å². The molecule has 10 heteroatoms. The fourth-order valence-electron chi connectivity index (χ4n) is 3.91. The lowest BCUT2D eigenvalue weighted by Crippen LogP contribution is -2.55. The van der Waals surface area contributed by atoms with Crippen molar-refractivity contribution in [3.63, 3.8) is 0 Å². The highest BCUT2D eigenvalue weighted by molar-refractivity contribution is 6.30. The third kappa shape index (κ3) is 4.62. The normalized spacial score (nSPS) is 23.0. The lowest BCUT2D eigenvalue weighted by Gasteiger charge is -2.38. The number of urea groups is 1. The number of benzene rings is 1. The Morgan fingerprint density at radius 2 is 1.97 bits per heavy atom. The van der Waals surface area contributed by atoms with E-state index in [4.69, 9.17) is 16.3 Å². The number of nitrogens with zero attached hydrogens (tertiary/aromatic N) is 2. The van der Waals surface area contributed by atoms with Gasteiger partial charge in [0.1, 0.15) is 11.4 Å². The molecular formula is C19H24ClFN4O4. The van der Waals surface area contributed by atoms with Crippen molar-refractivity contribution in [3.8, 4) is 0 Å². The van der Waals surface area contributed by atoms with Gasteiger partial charge in [-0.15, -0.1) is 0 Å². The minimum Gasteiger partial charge on any atom is -0.382 e. The van der Waals surface area contributed by atoms with Crippen molar-refractivity contribution in [1.29, 1.82) is 0 Å². The Morgan fingerprint density at radius 3 is 2.52 bits per heavy atom. The maximum atomic E-state index is 13.6. The average Bonchev–Trinajstić information content (AvgIpc) is 2.93. The van der Waals surface area contributed by atoms with Gasteiger partial charge in [0.2, 0.25) is 5.91 Å². The second kappa shape index (κ2) is 8.54. The summed E-state index contributed by atoms with van der Waals surface area (Å²) in [6, 6.07) is 3.78. The van der Waals surface area contributed by atoms with Crippen LogP contribution < -0.4 is 15.5 Å². The maximum Gasteiger partial charge on any atom is 0.322 e. The molecule has 4 amide bonds. The zero-order chi connectivity index (χ0) is 21.2. The largest absolute Gasteiger partial charge is 0.382 e. The number of nitrogens with one attached hydrogen (secondary N) is 2. The Morgan fingerprint density at radius 1 is 1.28 bits per heavy atom. The van der Waals surface area contributed by atoms with E-state index in [0.29, 0.717) is 36.9 Å². The fraction of sp³-hybridized carbons (Fsp3) is 0.526. The van der Waals surface area contributed by atoms with E-state index in [9.17, 15) is 18.8 Å². The van der Waals surface area contributed by atoms with Gasteiger partial charge >= 0.3 is 6.03 Å². The molecule has 0 spiro atoms. The Balaban J connectivity index is 1.61. The van der Waals surface area contributed by atoms with Gasteiger partial charge in [0.05, 0.1) is 6.61 Å². The van der Waals surface area contributed by atoms with Crippen molar-refractivity contribution in [1.82, 2.24) is 15.5 Å². The number of halogens is 2. The second-order valence-corrected chi connectivity index (χ2v) is 7.90. The molecule has 1 aromatic carbocycles. The molecular weight excluding hydrogens is 403 g/mol. The van der Waals surface area contributed by atoms with Crippen LogP contribution >= 0.6 is 11.6 Å². The first-order valence-electron chi connectivity index (χ1n) is 9.36. The molecule has 2 N–H and O–H groups in total. The molecule has 2 saturated heterocycles. The molecule has 0 bridgehead atoms. The van der Waals surface area contributed by atoms with E-state index in [1.807, 2.05) is 4.90 Å². The first kappa shape index (κ1) is 21.3. The molecule has 0 aliphatic carbocycles. The zero-order valence-electron chi connectivity index (χ0n) is 16.3. The molecule has 2 unspecified atom stereocenters. The minimum absolute atomic E-state index is 0.0176. The number of carbonyl (C=O) groups is 3. The van der Waals surface area contributed by atoms with Crippen molar-refractivity contribution in [2.45, 2.75) is 18.9 Å². The number of hydrogen-bond acceptors (Lipinski definition) is 5. The fourth-order valence-corrected chi connectivity index (χ4v) is 4.12. The SMILES string of the molecule is COCC1(CC(C)C(=O)N2CCN(c3cc(F)cc(Cl)c3)CC2)NC(=O)NC1=O. The summed E-state index contributed by atoms with van der Waals surface area (Å²) >= 11 is 5.93. The van der Waals surface area contributed by atoms with Crippen molar-refractivity contribution < 1.29 is 23.5 Å². The second-order valence-electron chi connectivity index (χ2n) is 7.47. The van der Waals surface area contributed by atoms with Crippen molar-refractivity contribution in [2.75, 3.05) is 44.8 Å². The molecule has 2 aliphatic heterocycles. The Kier molecular flexibility index (Phi) is 6.28. The van der Waals surface area contributed by atoms with Gasteiger partial charge in [-0.1, -0.05) is 18.5 Å². The number of piperazine rings is 1. The van der Waals surface area contributed by atoms with Gasteiger partial charge in [-0.2, -0.15) is 0 Å². The van der Waals surface area contributed by atoms with Crippen LogP contribution in [-0.4, -0.2) is 68.2 Å². The van der Waals surface area contributed by atoms with E-state index >= 15 is 0 Å². The lowest BCUT2D eigenvalue weighted by atomic mass is 9.88. The smallest absolute Gasteiger partial charge is 0.322 e.